The zero-order chi connectivity index (χ0) is 22.5. The number of hydrogen-bond donors (Lipinski definition) is 2. The number of phenols is 1. The molecule has 3 rings (SSSR count). The molecule has 1 atom stereocenters. The van der Waals surface area contributed by atoms with E-state index >= 15 is 0 Å². The summed E-state index contributed by atoms with van der Waals surface area (Å²) in [5.41, 5.74) is 11.2. The van der Waals surface area contributed by atoms with Crippen molar-refractivity contribution in [3.05, 3.63) is 83.6 Å². The first-order chi connectivity index (χ1) is 14.9. The fourth-order valence-corrected chi connectivity index (χ4v) is 3.50. The molecule has 0 radical (unpaired) electrons. The molecular weight excluding hydrogens is 386 g/mol. The van der Waals surface area contributed by atoms with E-state index in [0.29, 0.717) is 0 Å². The van der Waals surface area contributed by atoms with Crippen molar-refractivity contribution in [1.29, 1.82) is 0 Å². The Hall–Kier alpha value is -3.67. The Labute approximate surface area is 183 Å². The summed E-state index contributed by atoms with van der Waals surface area (Å²) >= 11 is 0. The summed E-state index contributed by atoms with van der Waals surface area (Å²) in [6.07, 6.45) is 4.23. The Morgan fingerprint density at radius 2 is 1.87 bits per heavy atom. The molecule has 0 aliphatic heterocycles. The number of nitrogens with two attached hydrogens (primary N) is 1. The van der Waals surface area contributed by atoms with Crippen LogP contribution in [0, 0.1) is 6.92 Å². The number of aromatic hydroxyl groups is 1. The Bertz CT molecular complexity index is 1140. The third-order valence-electron chi connectivity index (χ3n) is 5.46. The van der Waals surface area contributed by atoms with Gasteiger partial charge in [0, 0.05) is 36.5 Å². The van der Waals surface area contributed by atoms with E-state index in [1.807, 2.05) is 31.2 Å². The van der Waals surface area contributed by atoms with Crippen molar-refractivity contribution in [3.63, 3.8) is 0 Å². The number of aromatic nitrogens is 3. The molecule has 160 valence electrons. The van der Waals surface area contributed by atoms with Gasteiger partial charge < -0.3 is 10.8 Å². The molecule has 1 aromatic heterocycles. The van der Waals surface area contributed by atoms with Gasteiger partial charge in [0.05, 0.1) is 5.69 Å². The third kappa shape index (κ3) is 4.43. The topological polar surface area (TPSA) is 89.3 Å². The molecular formula is C25H29N5O. The van der Waals surface area contributed by atoms with Gasteiger partial charge in [0.15, 0.2) is 0 Å². The van der Waals surface area contributed by atoms with Crippen LogP contribution in [0.4, 0.5) is 0 Å². The monoisotopic (exact) mass is 415 g/mol. The molecule has 31 heavy (non-hydrogen) atoms. The van der Waals surface area contributed by atoms with Crippen molar-refractivity contribution in [3.8, 4) is 11.4 Å². The van der Waals surface area contributed by atoms with Gasteiger partial charge in [-0.05, 0) is 54.3 Å². The summed E-state index contributed by atoms with van der Waals surface area (Å²) in [6, 6.07) is 13.2. The molecule has 0 bridgehead atoms. The molecule has 3 aromatic rings. The van der Waals surface area contributed by atoms with E-state index in [4.69, 9.17) is 5.73 Å². The van der Waals surface area contributed by atoms with Gasteiger partial charge in [-0.1, -0.05) is 38.6 Å². The third-order valence-corrected chi connectivity index (χ3v) is 5.46. The fourth-order valence-electron chi connectivity index (χ4n) is 3.50. The number of allylic oxidation sites excluding steroid dienone is 1. The van der Waals surface area contributed by atoms with Gasteiger partial charge in [-0.2, -0.15) is 0 Å². The van der Waals surface area contributed by atoms with Gasteiger partial charge in [0.2, 0.25) is 0 Å². The van der Waals surface area contributed by atoms with Crippen molar-refractivity contribution in [2.45, 2.75) is 33.1 Å². The van der Waals surface area contributed by atoms with Crippen LogP contribution in [0.2, 0.25) is 0 Å². The lowest BCUT2D eigenvalue weighted by Crippen LogP contribution is -2.09. The molecule has 0 spiro atoms. The highest BCUT2D eigenvalue weighted by Crippen LogP contribution is 2.33. The molecule has 0 unspecified atom stereocenters. The predicted octanol–water partition coefficient (Wildman–Crippen LogP) is 4.86. The molecule has 6 nitrogen and oxygen atoms in total. The lowest BCUT2D eigenvalue weighted by Gasteiger charge is -2.19. The van der Waals surface area contributed by atoms with E-state index in [9.17, 15) is 5.11 Å². The number of phenolic OH excluding ortho intramolecular Hbond substituents is 1. The number of rotatable bonds is 7. The van der Waals surface area contributed by atoms with Gasteiger partial charge >= 0.3 is 0 Å². The van der Waals surface area contributed by atoms with Crippen LogP contribution in [0.25, 0.3) is 16.8 Å². The van der Waals surface area contributed by atoms with Crippen LogP contribution in [-0.4, -0.2) is 33.1 Å². The van der Waals surface area contributed by atoms with Gasteiger partial charge in [-0.3, -0.25) is 9.56 Å². The zero-order valence-corrected chi connectivity index (χ0v) is 18.5. The Morgan fingerprint density at radius 3 is 2.48 bits per heavy atom. The summed E-state index contributed by atoms with van der Waals surface area (Å²) in [7, 11) is 1.72. The maximum absolute atomic E-state index is 9.70. The van der Waals surface area contributed by atoms with Crippen LogP contribution in [0.5, 0.6) is 5.75 Å². The van der Waals surface area contributed by atoms with Crippen LogP contribution in [0.3, 0.4) is 0 Å². The van der Waals surface area contributed by atoms with E-state index in [1.54, 1.807) is 31.6 Å². The number of benzene rings is 2. The number of aliphatic imine (C=N–C) groups is 1. The minimum Gasteiger partial charge on any atom is -0.508 e. The van der Waals surface area contributed by atoms with Gasteiger partial charge in [0.25, 0.3) is 0 Å². The lowest BCUT2D eigenvalue weighted by molar-refractivity contribution is 0.475. The molecule has 0 saturated heterocycles. The van der Waals surface area contributed by atoms with E-state index in [0.717, 1.165) is 51.6 Å². The van der Waals surface area contributed by atoms with Crippen molar-refractivity contribution in [2.24, 2.45) is 10.7 Å². The van der Waals surface area contributed by atoms with E-state index < -0.39 is 0 Å². The zero-order valence-electron chi connectivity index (χ0n) is 18.5. The lowest BCUT2D eigenvalue weighted by atomic mass is 9.94. The highest BCUT2D eigenvalue weighted by molar-refractivity contribution is 6.10. The highest BCUT2D eigenvalue weighted by atomic mass is 16.3. The first-order valence-electron chi connectivity index (χ1n) is 10.3. The second kappa shape index (κ2) is 9.43. The minimum atomic E-state index is 0.215. The van der Waals surface area contributed by atoms with Gasteiger partial charge in [-0.25, -0.2) is 0 Å². The number of aryl methyl sites for hydroxylation is 1. The Kier molecular flexibility index (Phi) is 6.70. The smallest absolute Gasteiger partial charge is 0.140 e. The van der Waals surface area contributed by atoms with Crippen molar-refractivity contribution in [2.75, 3.05) is 7.05 Å². The Morgan fingerprint density at radius 1 is 1.19 bits per heavy atom. The van der Waals surface area contributed by atoms with Crippen LogP contribution >= 0.6 is 0 Å². The minimum absolute atomic E-state index is 0.215. The second-order valence-electron chi connectivity index (χ2n) is 7.52. The van der Waals surface area contributed by atoms with Crippen molar-refractivity contribution >= 4 is 17.4 Å². The molecule has 0 aliphatic carbocycles. The fraction of sp³-hybridized carbons (Fsp3) is 0.240. The normalized spacial score (nSPS) is 13.0. The number of nitrogens with zero attached hydrogens (tertiary/aromatic N) is 4. The summed E-state index contributed by atoms with van der Waals surface area (Å²) in [5, 5.41) is 18.5. The largest absolute Gasteiger partial charge is 0.508 e. The molecule has 1 heterocycles. The highest BCUT2D eigenvalue weighted by Gasteiger charge is 2.20. The van der Waals surface area contributed by atoms with E-state index in [-0.39, 0.29) is 11.7 Å². The summed E-state index contributed by atoms with van der Waals surface area (Å²) in [6.45, 7) is 10.6. The van der Waals surface area contributed by atoms with Crippen LogP contribution < -0.4 is 5.73 Å². The first-order valence-corrected chi connectivity index (χ1v) is 10.3. The second-order valence-corrected chi connectivity index (χ2v) is 7.52. The van der Waals surface area contributed by atoms with Crippen LogP contribution in [0.15, 0.2) is 60.2 Å². The molecule has 0 fully saturated rings. The van der Waals surface area contributed by atoms with Gasteiger partial charge in [-0.15, -0.1) is 10.2 Å². The Balaban J connectivity index is 2.26. The van der Waals surface area contributed by atoms with Crippen molar-refractivity contribution < 1.29 is 5.11 Å². The predicted molar refractivity (Wildman–Crippen MR) is 128 cm³/mol. The molecule has 0 amide bonds. The maximum Gasteiger partial charge on any atom is 0.140 e. The quantitative estimate of drug-likeness (QED) is 0.540. The van der Waals surface area contributed by atoms with Crippen LogP contribution in [-0.2, 0) is 0 Å². The molecule has 0 aliphatic rings. The van der Waals surface area contributed by atoms with Crippen molar-refractivity contribution in [1.82, 2.24) is 14.8 Å². The first kappa shape index (κ1) is 22.0. The summed E-state index contributed by atoms with van der Waals surface area (Å²) < 4.78 is 2.10. The number of hydrogen-bond acceptors (Lipinski definition) is 5. The van der Waals surface area contributed by atoms with Crippen LogP contribution in [0.1, 0.15) is 54.5 Å². The summed E-state index contributed by atoms with van der Waals surface area (Å²) in [4.78, 5) is 4.11. The summed E-state index contributed by atoms with van der Waals surface area (Å²) in [5.74, 6) is 2.19. The maximum atomic E-state index is 9.70. The molecule has 6 heteroatoms. The van der Waals surface area contributed by atoms with E-state index in [1.165, 1.54) is 0 Å². The van der Waals surface area contributed by atoms with E-state index in [2.05, 4.69) is 46.2 Å². The molecule has 2 aromatic carbocycles. The average Bonchev–Trinajstić information content (AvgIpc) is 3.17. The molecule has 3 N–H and O–H groups in total. The van der Waals surface area contributed by atoms with Gasteiger partial charge in [0.1, 0.15) is 17.4 Å². The average molecular weight is 416 g/mol. The standard InChI is InChI=1S/C25H29N5O/c1-6-16(2)25-29-28-18(4)30(25)24-12-9-20(21(14-26)15-27-5)13-23(24)17(3)19-7-10-22(31)11-8-19/h7-16,31H,3,6,26H2,1-2,4-5H3/b21-14+,27-15?/t16-/m1/s1. The SMILES string of the molecule is C=C(c1ccc(O)cc1)c1cc(/C(C=NC)=C/N)ccc1-n1c(C)nnc1[C@H](C)CC. The molecule has 0 saturated carbocycles.